The largest absolute Gasteiger partial charge is 0.344 e. The molecule has 0 amide bonds. The second kappa shape index (κ2) is 5.89. The second-order valence-electron chi connectivity index (χ2n) is 7.51. The smallest absolute Gasteiger partial charge is 0.0518 e. The molecule has 3 aromatic rings. The average molecular weight is 351 g/mol. The molecule has 2 nitrogen and oxygen atoms in total. The monoisotopic (exact) mass is 350 g/mol. The molecule has 0 aliphatic carbocycles. The van der Waals surface area contributed by atoms with Crippen LogP contribution in [0.4, 0.5) is 0 Å². The predicted octanol–water partition coefficient (Wildman–Crippen LogP) is 5.11. The summed E-state index contributed by atoms with van der Waals surface area (Å²) in [4.78, 5) is 2.57. The van der Waals surface area contributed by atoms with E-state index in [-0.39, 0.29) is 0 Å². The van der Waals surface area contributed by atoms with Crippen molar-refractivity contribution in [2.24, 2.45) is 0 Å². The molecule has 0 bridgehead atoms. The highest BCUT2D eigenvalue weighted by Crippen LogP contribution is 2.35. The molecule has 0 unspecified atom stereocenters. The normalized spacial score (nSPS) is 16.6. The number of fused-ring (bicyclic) bond motifs is 1. The van der Waals surface area contributed by atoms with Crippen LogP contribution in [0.15, 0.2) is 36.4 Å². The Labute approximate surface area is 154 Å². The van der Waals surface area contributed by atoms with Gasteiger partial charge in [-0.05, 0) is 60.6 Å². The molecule has 3 heteroatoms. The Morgan fingerprint density at radius 2 is 1.80 bits per heavy atom. The summed E-state index contributed by atoms with van der Waals surface area (Å²) in [6.45, 7) is 6.71. The molecule has 0 fully saturated rings. The number of rotatable bonds is 3. The second-order valence-corrected chi connectivity index (χ2v) is 7.95. The SMILES string of the molecule is Cc1c(CCN2Cc3ccccc3C2)c2cc(Cl)cc3c2n1CCC3. The Bertz CT molecular complexity index is 945. The van der Waals surface area contributed by atoms with E-state index in [2.05, 4.69) is 52.8 Å². The minimum absolute atomic E-state index is 0.886. The molecule has 2 aliphatic heterocycles. The standard InChI is InChI=1S/C22H23ClN2/c1-15-20(8-10-24-13-17-5-2-3-6-18(17)14-24)21-12-19(23)11-16-7-4-9-25(15)22(16)21/h2-3,5-6,11-12H,4,7-10,13-14H2,1H3. The number of aryl methyl sites for hydroxylation is 2. The Kier molecular flexibility index (Phi) is 3.65. The zero-order valence-electron chi connectivity index (χ0n) is 14.7. The van der Waals surface area contributed by atoms with E-state index in [1.165, 1.54) is 45.3 Å². The zero-order chi connectivity index (χ0) is 17.0. The first kappa shape index (κ1) is 15.5. The van der Waals surface area contributed by atoms with E-state index < -0.39 is 0 Å². The maximum absolute atomic E-state index is 6.43. The van der Waals surface area contributed by atoms with Crippen LogP contribution in [-0.4, -0.2) is 16.0 Å². The Balaban J connectivity index is 1.45. The summed E-state index contributed by atoms with van der Waals surface area (Å²) >= 11 is 6.43. The fourth-order valence-electron chi connectivity index (χ4n) is 4.77. The van der Waals surface area contributed by atoms with Crippen molar-refractivity contribution in [2.45, 2.75) is 45.8 Å². The molecule has 0 radical (unpaired) electrons. The molecule has 0 N–H and O–H groups in total. The highest BCUT2D eigenvalue weighted by Gasteiger charge is 2.22. The molecule has 1 aromatic heterocycles. The van der Waals surface area contributed by atoms with Crippen LogP contribution < -0.4 is 0 Å². The molecule has 25 heavy (non-hydrogen) atoms. The van der Waals surface area contributed by atoms with Crippen LogP contribution in [-0.2, 0) is 32.5 Å². The molecule has 2 aliphatic rings. The van der Waals surface area contributed by atoms with Crippen molar-refractivity contribution < 1.29 is 0 Å². The van der Waals surface area contributed by atoms with Gasteiger partial charge in [-0.2, -0.15) is 0 Å². The van der Waals surface area contributed by atoms with Crippen molar-refractivity contribution in [1.82, 2.24) is 9.47 Å². The molecule has 2 aromatic carbocycles. The van der Waals surface area contributed by atoms with Gasteiger partial charge in [0.2, 0.25) is 0 Å². The van der Waals surface area contributed by atoms with E-state index in [4.69, 9.17) is 11.6 Å². The van der Waals surface area contributed by atoms with Gasteiger partial charge in [0.25, 0.3) is 0 Å². The van der Waals surface area contributed by atoms with Crippen LogP contribution in [0.5, 0.6) is 0 Å². The van der Waals surface area contributed by atoms with Crippen molar-refractivity contribution >= 4 is 22.5 Å². The molecular formula is C22H23ClN2. The molecule has 0 atom stereocenters. The van der Waals surface area contributed by atoms with Crippen LogP contribution in [0.25, 0.3) is 10.9 Å². The number of nitrogens with zero attached hydrogens (tertiary/aromatic N) is 2. The summed E-state index contributed by atoms with van der Waals surface area (Å²) in [5.74, 6) is 0. The quantitative estimate of drug-likeness (QED) is 0.637. The van der Waals surface area contributed by atoms with Crippen LogP contribution in [0.3, 0.4) is 0 Å². The van der Waals surface area contributed by atoms with E-state index in [9.17, 15) is 0 Å². The van der Waals surface area contributed by atoms with Gasteiger partial charge in [-0.1, -0.05) is 35.9 Å². The number of aromatic nitrogens is 1. The Morgan fingerprint density at radius 1 is 1.04 bits per heavy atom. The van der Waals surface area contributed by atoms with Gasteiger partial charge >= 0.3 is 0 Å². The first-order valence-electron chi connectivity index (χ1n) is 9.30. The van der Waals surface area contributed by atoms with Gasteiger partial charge in [0, 0.05) is 42.3 Å². The van der Waals surface area contributed by atoms with Gasteiger partial charge in [0.05, 0.1) is 5.52 Å². The van der Waals surface area contributed by atoms with Crippen molar-refractivity contribution in [3.63, 3.8) is 0 Å². The number of benzene rings is 2. The maximum Gasteiger partial charge on any atom is 0.0518 e. The van der Waals surface area contributed by atoms with Crippen LogP contribution in [0.1, 0.15) is 34.4 Å². The predicted molar refractivity (Wildman–Crippen MR) is 104 cm³/mol. The van der Waals surface area contributed by atoms with Crippen LogP contribution in [0, 0.1) is 6.92 Å². The van der Waals surface area contributed by atoms with Gasteiger partial charge in [-0.3, -0.25) is 4.90 Å². The van der Waals surface area contributed by atoms with Crippen LogP contribution in [0.2, 0.25) is 5.02 Å². The number of hydrogen-bond donors (Lipinski definition) is 0. The third-order valence-corrected chi connectivity index (χ3v) is 6.22. The molecule has 0 saturated carbocycles. The van der Waals surface area contributed by atoms with Gasteiger partial charge in [-0.15, -0.1) is 0 Å². The van der Waals surface area contributed by atoms with Crippen molar-refractivity contribution in [2.75, 3.05) is 6.54 Å². The fourth-order valence-corrected chi connectivity index (χ4v) is 5.02. The maximum atomic E-state index is 6.43. The summed E-state index contributed by atoms with van der Waals surface area (Å²) < 4.78 is 2.53. The summed E-state index contributed by atoms with van der Waals surface area (Å²) in [7, 11) is 0. The zero-order valence-corrected chi connectivity index (χ0v) is 15.4. The summed E-state index contributed by atoms with van der Waals surface area (Å²) in [6, 6.07) is 13.2. The minimum Gasteiger partial charge on any atom is -0.344 e. The first-order valence-corrected chi connectivity index (χ1v) is 9.68. The Morgan fingerprint density at radius 3 is 2.56 bits per heavy atom. The summed E-state index contributed by atoms with van der Waals surface area (Å²) in [5.41, 5.74) is 8.78. The first-order chi connectivity index (χ1) is 12.2. The third kappa shape index (κ3) is 2.51. The molecule has 3 heterocycles. The van der Waals surface area contributed by atoms with Gasteiger partial charge < -0.3 is 4.57 Å². The summed E-state index contributed by atoms with van der Waals surface area (Å²) in [5, 5.41) is 2.27. The van der Waals surface area contributed by atoms with Gasteiger partial charge in [0.15, 0.2) is 0 Å². The minimum atomic E-state index is 0.886. The van der Waals surface area contributed by atoms with E-state index in [0.29, 0.717) is 0 Å². The van der Waals surface area contributed by atoms with Crippen LogP contribution >= 0.6 is 11.6 Å². The molecule has 0 saturated heterocycles. The van der Waals surface area contributed by atoms with E-state index in [0.717, 1.165) is 44.0 Å². The lowest BCUT2D eigenvalue weighted by Gasteiger charge is -2.17. The molecule has 5 rings (SSSR count). The van der Waals surface area contributed by atoms with Crippen molar-refractivity contribution in [3.05, 3.63) is 69.4 Å². The topological polar surface area (TPSA) is 8.17 Å². The Hall–Kier alpha value is -1.77. The number of halogens is 1. The van der Waals surface area contributed by atoms with Gasteiger partial charge in [-0.25, -0.2) is 0 Å². The lowest BCUT2D eigenvalue weighted by Crippen LogP contribution is -2.19. The lowest BCUT2D eigenvalue weighted by atomic mass is 10.0. The fraction of sp³-hybridized carbons (Fsp3) is 0.364. The van der Waals surface area contributed by atoms with E-state index in [1.807, 2.05) is 0 Å². The molecule has 128 valence electrons. The number of hydrogen-bond acceptors (Lipinski definition) is 1. The third-order valence-electron chi connectivity index (χ3n) is 6.00. The van der Waals surface area contributed by atoms with Gasteiger partial charge in [0.1, 0.15) is 0 Å². The van der Waals surface area contributed by atoms with E-state index in [1.54, 1.807) is 0 Å². The van der Waals surface area contributed by atoms with Crippen molar-refractivity contribution in [3.8, 4) is 0 Å². The average Bonchev–Trinajstić information content (AvgIpc) is 3.14. The highest BCUT2D eigenvalue weighted by atomic mass is 35.5. The highest BCUT2D eigenvalue weighted by molar-refractivity contribution is 6.31. The lowest BCUT2D eigenvalue weighted by molar-refractivity contribution is 0.288. The van der Waals surface area contributed by atoms with E-state index >= 15 is 0 Å². The van der Waals surface area contributed by atoms with Crippen molar-refractivity contribution in [1.29, 1.82) is 0 Å². The summed E-state index contributed by atoms with van der Waals surface area (Å²) in [6.07, 6.45) is 3.48. The molecule has 0 spiro atoms. The molecular weight excluding hydrogens is 328 g/mol.